The van der Waals surface area contributed by atoms with Crippen LogP contribution in [-0.4, -0.2) is 47.3 Å². The fourth-order valence-corrected chi connectivity index (χ4v) is 3.88. The Hall–Kier alpha value is -2.12. The molecule has 1 spiro atoms. The summed E-state index contributed by atoms with van der Waals surface area (Å²) in [6, 6.07) is 5.49. The Balaban J connectivity index is 1.35. The Morgan fingerprint density at radius 2 is 2.44 bits per heavy atom. The summed E-state index contributed by atoms with van der Waals surface area (Å²) in [6.45, 7) is 5.15. The average molecular weight is 345 g/mol. The van der Waals surface area contributed by atoms with E-state index in [9.17, 15) is 4.79 Å². The van der Waals surface area contributed by atoms with Gasteiger partial charge in [0.15, 0.2) is 5.76 Å². The molecule has 0 radical (unpaired) electrons. The first-order chi connectivity index (χ1) is 12.1. The Bertz CT molecular complexity index is 727. The zero-order valence-corrected chi connectivity index (χ0v) is 14.4. The molecule has 0 unspecified atom stereocenters. The molecule has 25 heavy (non-hydrogen) atoms. The number of rotatable bonds is 4. The molecule has 0 bridgehead atoms. The van der Waals surface area contributed by atoms with E-state index in [0.29, 0.717) is 12.4 Å². The SMILES string of the molecule is Cc1cc(CN2CC[C@@]3(C[C@H](NC(=O)c4ccco4)CCO3)C2)no1. The van der Waals surface area contributed by atoms with Crippen LogP contribution >= 0.6 is 0 Å². The number of ether oxygens (including phenoxy) is 1. The number of carbonyl (C=O) groups excluding carboxylic acids is 1. The molecule has 0 aliphatic carbocycles. The number of nitrogens with zero attached hydrogens (tertiary/aromatic N) is 2. The number of aryl methyl sites for hydroxylation is 1. The first kappa shape index (κ1) is 16.4. The normalized spacial score (nSPS) is 27.0. The van der Waals surface area contributed by atoms with Crippen LogP contribution in [0.25, 0.3) is 0 Å². The minimum Gasteiger partial charge on any atom is -0.459 e. The number of furan rings is 1. The smallest absolute Gasteiger partial charge is 0.287 e. The van der Waals surface area contributed by atoms with Gasteiger partial charge in [0.05, 0.1) is 17.6 Å². The summed E-state index contributed by atoms with van der Waals surface area (Å²) in [7, 11) is 0. The second-order valence-electron chi connectivity index (χ2n) is 7.06. The summed E-state index contributed by atoms with van der Waals surface area (Å²) in [6.07, 6.45) is 4.14. The molecule has 1 N–H and O–H groups in total. The van der Waals surface area contributed by atoms with Gasteiger partial charge in [0, 0.05) is 38.3 Å². The lowest BCUT2D eigenvalue weighted by Gasteiger charge is -2.38. The lowest BCUT2D eigenvalue weighted by atomic mass is 9.89. The van der Waals surface area contributed by atoms with Crippen LogP contribution in [0.1, 0.15) is 41.3 Å². The maximum Gasteiger partial charge on any atom is 0.287 e. The fraction of sp³-hybridized carbons (Fsp3) is 0.556. The van der Waals surface area contributed by atoms with Gasteiger partial charge in [-0.1, -0.05) is 5.16 Å². The van der Waals surface area contributed by atoms with Crippen LogP contribution in [0.2, 0.25) is 0 Å². The third-order valence-corrected chi connectivity index (χ3v) is 5.03. The van der Waals surface area contributed by atoms with E-state index in [2.05, 4.69) is 15.4 Å². The number of amides is 1. The molecule has 7 heteroatoms. The van der Waals surface area contributed by atoms with Crippen molar-refractivity contribution >= 4 is 5.91 Å². The van der Waals surface area contributed by atoms with Gasteiger partial charge in [-0.25, -0.2) is 0 Å². The summed E-state index contributed by atoms with van der Waals surface area (Å²) in [5, 5.41) is 7.15. The van der Waals surface area contributed by atoms with Gasteiger partial charge in [0.1, 0.15) is 5.76 Å². The van der Waals surface area contributed by atoms with Crippen LogP contribution in [0.3, 0.4) is 0 Å². The quantitative estimate of drug-likeness (QED) is 0.914. The highest BCUT2D eigenvalue weighted by Gasteiger charge is 2.43. The summed E-state index contributed by atoms with van der Waals surface area (Å²) in [5.74, 6) is 1.04. The standard InChI is InChI=1S/C18H23N3O4/c1-13-9-15(20-25-13)11-21-6-5-18(12-21)10-14(4-8-24-18)19-17(22)16-3-2-7-23-16/h2-3,7,9,14H,4-6,8,10-12H2,1H3,(H,19,22)/t14-,18-/m1/s1. The molecule has 2 saturated heterocycles. The Morgan fingerprint density at radius 1 is 1.52 bits per heavy atom. The lowest BCUT2D eigenvalue weighted by Crippen LogP contribution is -2.49. The summed E-state index contributed by atoms with van der Waals surface area (Å²) in [4.78, 5) is 14.6. The van der Waals surface area contributed by atoms with Crippen molar-refractivity contribution in [2.24, 2.45) is 0 Å². The van der Waals surface area contributed by atoms with Crippen LogP contribution in [0.15, 0.2) is 33.4 Å². The third kappa shape index (κ3) is 3.62. The molecule has 4 heterocycles. The number of aromatic nitrogens is 1. The molecule has 2 aliphatic heterocycles. The number of hydrogen-bond acceptors (Lipinski definition) is 6. The molecule has 7 nitrogen and oxygen atoms in total. The molecular formula is C18H23N3O4. The van der Waals surface area contributed by atoms with Gasteiger partial charge in [-0.2, -0.15) is 0 Å². The number of nitrogens with one attached hydrogen (secondary N) is 1. The van der Waals surface area contributed by atoms with Gasteiger partial charge in [0.2, 0.25) is 0 Å². The van der Waals surface area contributed by atoms with Gasteiger partial charge in [-0.05, 0) is 38.3 Å². The Kier molecular flexibility index (Phi) is 4.35. The summed E-state index contributed by atoms with van der Waals surface area (Å²) in [5.41, 5.74) is 0.769. The largest absolute Gasteiger partial charge is 0.459 e. The van der Waals surface area contributed by atoms with Crippen LogP contribution in [0, 0.1) is 6.92 Å². The average Bonchev–Trinajstić information content (AvgIpc) is 3.31. The first-order valence-electron chi connectivity index (χ1n) is 8.75. The molecule has 0 aromatic carbocycles. The van der Waals surface area contributed by atoms with Gasteiger partial charge in [-0.3, -0.25) is 9.69 Å². The predicted molar refractivity (Wildman–Crippen MR) is 89.0 cm³/mol. The maximum absolute atomic E-state index is 12.2. The second kappa shape index (κ2) is 6.65. The van der Waals surface area contributed by atoms with Crippen molar-refractivity contribution in [1.82, 2.24) is 15.4 Å². The number of hydrogen-bond donors (Lipinski definition) is 1. The molecular weight excluding hydrogens is 322 g/mol. The van der Waals surface area contributed by atoms with Crippen LogP contribution in [0.4, 0.5) is 0 Å². The molecule has 134 valence electrons. The lowest BCUT2D eigenvalue weighted by molar-refractivity contribution is -0.0794. The van der Waals surface area contributed by atoms with Crippen molar-refractivity contribution in [3.8, 4) is 0 Å². The van der Waals surface area contributed by atoms with E-state index in [4.69, 9.17) is 13.7 Å². The minimum absolute atomic E-state index is 0.112. The second-order valence-corrected chi connectivity index (χ2v) is 7.06. The van der Waals surface area contributed by atoms with Gasteiger partial charge in [0.25, 0.3) is 5.91 Å². The van der Waals surface area contributed by atoms with Crippen molar-refractivity contribution in [1.29, 1.82) is 0 Å². The number of likely N-dealkylation sites (tertiary alicyclic amines) is 1. The third-order valence-electron chi connectivity index (χ3n) is 5.03. The van der Waals surface area contributed by atoms with E-state index in [1.54, 1.807) is 12.1 Å². The fourth-order valence-electron chi connectivity index (χ4n) is 3.88. The van der Waals surface area contributed by atoms with Crippen LogP contribution < -0.4 is 5.32 Å². The topological polar surface area (TPSA) is 80.7 Å². The van der Waals surface area contributed by atoms with Crippen LogP contribution in [0.5, 0.6) is 0 Å². The molecule has 0 saturated carbocycles. The molecule has 2 aliphatic rings. The van der Waals surface area contributed by atoms with Crippen LogP contribution in [-0.2, 0) is 11.3 Å². The number of carbonyl (C=O) groups is 1. The van der Waals surface area contributed by atoms with E-state index in [-0.39, 0.29) is 17.6 Å². The van der Waals surface area contributed by atoms with Crippen molar-refractivity contribution in [2.75, 3.05) is 19.7 Å². The molecule has 2 atom stereocenters. The van der Waals surface area contributed by atoms with E-state index < -0.39 is 0 Å². The highest BCUT2D eigenvalue weighted by atomic mass is 16.5. The van der Waals surface area contributed by atoms with E-state index in [1.807, 2.05) is 13.0 Å². The van der Waals surface area contributed by atoms with Gasteiger partial charge >= 0.3 is 0 Å². The molecule has 4 rings (SSSR count). The molecule has 2 aromatic rings. The Morgan fingerprint density at radius 3 is 3.20 bits per heavy atom. The van der Waals surface area contributed by atoms with Gasteiger partial charge in [-0.15, -0.1) is 0 Å². The monoisotopic (exact) mass is 345 g/mol. The first-order valence-corrected chi connectivity index (χ1v) is 8.75. The van der Waals surface area contributed by atoms with Crippen molar-refractivity contribution < 1.29 is 18.5 Å². The Labute approximate surface area is 146 Å². The predicted octanol–water partition coefficient (Wildman–Crippen LogP) is 2.13. The van der Waals surface area contributed by atoms with Crippen molar-refractivity contribution in [2.45, 2.75) is 44.4 Å². The molecule has 1 amide bonds. The summed E-state index contributed by atoms with van der Waals surface area (Å²) < 4.78 is 16.5. The zero-order chi connectivity index (χ0) is 17.3. The highest BCUT2D eigenvalue weighted by molar-refractivity contribution is 5.91. The molecule has 2 fully saturated rings. The van der Waals surface area contributed by atoms with Crippen molar-refractivity contribution in [3.05, 3.63) is 41.7 Å². The zero-order valence-electron chi connectivity index (χ0n) is 14.4. The van der Waals surface area contributed by atoms with E-state index in [0.717, 1.165) is 50.4 Å². The summed E-state index contributed by atoms with van der Waals surface area (Å²) >= 11 is 0. The minimum atomic E-state index is -0.182. The highest BCUT2D eigenvalue weighted by Crippen LogP contribution is 2.35. The van der Waals surface area contributed by atoms with E-state index >= 15 is 0 Å². The van der Waals surface area contributed by atoms with Crippen molar-refractivity contribution in [3.63, 3.8) is 0 Å². The molecule has 2 aromatic heterocycles. The van der Waals surface area contributed by atoms with Gasteiger partial charge < -0.3 is 19.0 Å². The maximum atomic E-state index is 12.2. The van der Waals surface area contributed by atoms with E-state index in [1.165, 1.54) is 6.26 Å².